The maximum Gasteiger partial charge on any atom is 0.124 e. The number of piperidine rings is 1. The van der Waals surface area contributed by atoms with Gasteiger partial charge < -0.3 is 9.69 Å². The molecule has 0 aromatic heterocycles. The van der Waals surface area contributed by atoms with Crippen molar-refractivity contribution in [2.45, 2.75) is 25.3 Å². The molecule has 28 heavy (non-hydrogen) atoms. The summed E-state index contributed by atoms with van der Waals surface area (Å²) in [5.41, 5.74) is 2.56. The van der Waals surface area contributed by atoms with Crippen LogP contribution in [0.4, 0.5) is 4.39 Å². The van der Waals surface area contributed by atoms with E-state index in [0.717, 1.165) is 52.1 Å². The van der Waals surface area contributed by atoms with Gasteiger partial charge in [0.1, 0.15) is 12.1 Å². The number of benzene rings is 2. The third-order valence-electron chi connectivity index (χ3n) is 6.41. The molecular formula is C24H29FN2O. The van der Waals surface area contributed by atoms with Gasteiger partial charge in [-0.1, -0.05) is 42.5 Å². The number of nitrogens with zero attached hydrogens (tertiary/aromatic N) is 2. The van der Waals surface area contributed by atoms with Crippen LogP contribution in [-0.4, -0.2) is 48.8 Å². The average Bonchev–Trinajstić information content (AvgIpc) is 3.11. The van der Waals surface area contributed by atoms with Crippen LogP contribution in [0.25, 0.3) is 0 Å². The molecule has 0 bridgehead atoms. The van der Waals surface area contributed by atoms with Gasteiger partial charge in [0.15, 0.2) is 0 Å². The van der Waals surface area contributed by atoms with Gasteiger partial charge in [0, 0.05) is 32.1 Å². The Balaban J connectivity index is 1.29. The maximum atomic E-state index is 13.1. The van der Waals surface area contributed by atoms with Crippen molar-refractivity contribution < 1.29 is 9.18 Å². The lowest BCUT2D eigenvalue weighted by atomic mass is 9.88. The Kier molecular flexibility index (Phi) is 6.18. The fourth-order valence-corrected chi connectivity index (χ4v) is 4.82. The minimum atomic E-state index is -0.164. The smallest absolute Gasteiger partial charge is 0.124 e. The lowest BCUT2D eigenvalue weighted by molar-refractivity contribution is -0.111. The van der Waals surface area contributed by atoms with Gasteiger partial charge >= 0.3 is 0 Å². The molecule has 0 N–H and O–H groups in total. The van der Waals surface area contributed by atoms with Crippen LogP contribution >= 0.6 is 0 Å². The van der Waals surface area contributed by atoms with Gasteiger partial charge in [-0.15, -0.1) is 0 Å². The molecule has 2 saturated heterocycles. The number of carbonyl (C=O) groups is 1. The van der Waals surface area contributed by atoms with Crippen LogP contribution < -0.4 is 0 Å². The lowest BCUT2D eigenvalue weighted by Crippen LogP contribution is -2.38. The van der Waals surface area contributed by atoms with Gasteiger partial charge in [0.25, 0.3) is 0 Å². The average molecular weight is 381 g/mol. The lowest BCUT2D eigenvalue weighted by Gasteiger charge is -2.34. The highest BCUT2D eigenvalue weighted by Gasteiger charge is 2.34. The van der Waals surface area contributed by atoms with Crippen molar-refractivity contribution in [3.8, 4) is 0 Å². The fraction of sp³-hybridized carbons (Fsp3) is 0.458. The molecule has 0 radical (unpaired) electrons. The molecule has 2 heterocycles. The summed E-state index contributed by atoms with van der Waals surface area (Å²) in [7, 11) is 0. The quantitative estimate of drug-likeness (QED) is 0.709. The number of hydrogen-bond acceptors (Lipinski definition) is 3. The first kappa shape index (κ1) is 19.3. The van der Waals surface area contributed by atoms with Crippen molar-refractivity contribution in [3.63, 3.8) is 0 Å². The van der Waals surface area contributed by atoms with E-state index in [2.05, 4.69) is 34.1 Å². The van der Waals surface area contributed by atoms with Gasteiger partial charge in [-0.3, -0.25) is 4.90 Å². The summed E-state index contributed by atoms with van der Waals surface area (Å²) in [5, 5.41) is 0. The summed E-state index contributed by atoms with van der Waals surface area (Å²) in [4.78, 5) is 16.6. The third kappa shape index (κ3) is 4.68. The predicted molar refractivity (Wildman–Crippen MR) is 110 cm³/mol. The molecule has 2 aromatic rings. The number of halogens is 1. The summed E-state index contributed by atoms with van der Waals surface area (Å²) >= 11 is 0. The molecule has 2 atom stereocenters. The van der Waals surface area contributed by atoms with Crippen LogP contribution in [0.1, 0.15) is 29.9 Å². The molecule has 0 saturated carbocycles. The number of carbonyl (C=O) groups excluding carboxylic acids is 1. The zero-order valence-electron chi connectivity index (χ0n) is 16.3. The van der Waals surface area contributed by atoms with E-state index in [9.17, 15) is 9.18 Å². The van der Waals surface area contributed by atoms with E-state index < -0.39 is 0 Å². The summed E-state index contributed by atoms with van der Waals surface area (Å²) < 4.78 is 13.1. The highest BCUT2D eigenvalue weighted by atomic mass is 19.1. The number of aldehydes is 1. The molecule has 2 aliphatic heterocycles. The number of likely N-dealkylation sites (tertiary alicyclic amines) is 2. The number of rotatable bonds is 6. The Hall–Kier alpha value is -2.04. The topological polar surface area (TPSA) is 23.6 Å². The van der Waals surface area contributed by atoms with E-state index in [0.29, 0.717) is 11.8 Å². The van der Waals surface area contributed by atoms with Crippen LogP contribution in [0.15, 0.2) is 54.6 Å². The fourth-order valence-electron chi connectivity index (χ4n) is 4.82. The monoisotopic (exact) mass is 380 g/mol. The first-order valence-electron chi connectivity index (χ1n) is 10.4. The zero-order valence-corrected chi connectivity index (χ0v) is 16.3. The van der Waals surface area contributed by atoms with Crippen LogP contribution in [0.3, 0.4) is 0 Å². The van der Waals surface area contributed by atoms with E-state index in [1.165, 1.54) is 17.4 Å². The van der Waals surface area contributed by atoms with Crippen LogP contribution in [0, 0.1) is 17.7 Å². The summed E-state index contributed by atoms with van der Waals surface area (Å²) in [6, 6.07) is 17.5. The molecule has 0 amide bonds. The third-order valence-corrected chi connectivity index (χ3v) is 6.41. The van der Waals surface area contributed by atoms with Gasteiger partial charge in [-0.05, 0) is 61.0 Å². The van der Waals surface area contributed by atoms with Crippen molar-refractivity contribution in [1.29, 1.82) is 0 Å². The zero-order chi connectivity index (χ0) is 19.3. The van der Waals surface area contributed by atoms with Crippen LogP contribution in [0.2, 0.25) is 0 Å². The molecule has 0 spiro atoms. The van der Waals surface area contributed by atoms with Crippen LogP contribution in [0.5, 0.6) is 0 Å². The standard InChI is InChI=1S/C24H29FN2O/c25-24-8-6-20(7-9-24)21-10-12-26(13-11-21)15-22-16-27(17-23(22)18-28)14-19-4-2-1-3-5-19/h1-9,18,21-23H,10-17H2/t22?,23-/m0/s1. The summed E-state index contributed by atoms with van der Waals surface area (Å²) in [6.07, 6.45) is 3.39. The second kappa shape index (κ2) is 8.97. The Labute approximate surface area is 167 Å². The summed E-state index contributed by atoms with van der Waals surface area (Å²) in [6.45, 7) is 5.91. The molecule has 148 valence electrons. The maximum absolute atomic E-state index is 13.1. The van der Waals surface area contributed by atoms with Gasteiger partial charge in [-0.2, -0.15) is 0 Å². The van der Waals surface area contributed by atoms with Crippen molar-refractivity contribution in [1.82, 2.24) is 9.80 Å². The van der Waals surface area contributed by atoms with E-state index in [4.69, 9.17) is 0 Å². The van der Waals surface area contributed by atoms with Crippen molar-refractivity contribution in [2.24, 2.45) is 11.8 Å². The Morgan fingerprint density at radius 3 is 2.32 bits per heavy atom. The molecule has 4 rings (SSSR count). The van der Waals surface area contributed by atoms with Crippen molar-refractivity contribution in [3.05, 3.63) is 71.5 Å². The summed E-state index contributed by atoms with van der Waals surface area (Å²) in [5.74, 6) is 0.918. The predicted octanol–water partition coefficient (Wildman–Crippen LogP) is 3.95. The molecule has 0 aliphatic carbocycles. The first-order valence-corrected chi connectivity index (χ1v) is 10.4. The van der Waals surface area contributed by atoms with E-state index in [1.807, 2.05) is 18.2 Å². The molecule has 1 unspecified atom stereocenters. The Morgan fingerprint density at radius 1 is 0.929 bits per heavy atom. The molecule has 3 nitrogen and oxygen atoms in total. The van der Waals surface area contributed by atoms with Crippen molar-refractivity contribution >= 4 is 6.29 Å². The first-order chi connectivity index (χ1) is 13.7. The highest BCUT2D eigenvalue weighted by Crippen LogP contribution is 2.30. The van der Waals surface area contributed by atoms with E-state index >= 15 is 0 Å². The SMILES string of the molecule is O=C[C@@H]1CN(Cc2ccccc2)CC1CN1CCC(c2ccc(F)cc2)CC1. The highest BCUT2D eigenvalue weighted by molar-refractivity contribution is 5.55. The molecule has 2 aliphatic rings. The molecule has 2 aromatic carbocycles. The minimum Gasteiger partial charge on any atom is -0.303 e. The van der Waals surface area contributed by atoms with E-state index in [-0.39, 0.29) is 11.7 Å². The van der Waals surface area contributed by atoms with Gasteiger partial charge in [0.2, 0.25) is 0 Å². The largest absolute Gasteiger partial charge is 0.303 e. The Morgan fingerprint density at radius 2 is 1.64 bits per heavy atom. The van der Waals surface area contributed by atoms with Crippen LogP contribution in [-0.2, 0) is 11.3 Å². The van der Waals surface area contributed by atoms with Crippen molar-refractivity contribution in [2.75, 3.05) is 32.7 Å². The minimum absolute atomic E-state index is 0.138. The second-order valence-electron chi connectivity index (χ2n) is 8.37. The van der Waals surface area contributed by atoms with E-state index in [1.54, 1.807) is 12.1 Å². The van der Waals surface area contributed by atoms with Gasteiger partial charge in [-0.25, -0.2) is 4.39 Å². The molecule has 2 fully saturated rings. The number of hydrogen-bond donors (Lipinski definition) is 0. The Bertz CT molecular complexity index is 756. The van der Waals surface area contributed by atoms with Gasteiger partial charge in [0.05, 0.1) is 0 Å². The molecule has 4 heteroatoms. The normalized spacial score (nSPS) is 24.5. The second-order valence-corrected chi connectivity index (χ2v) is 8.37. The molecular weight excluding hydrogens is 351 g/mol.